The number of hydrogen-bond acceptors (Lipinski definition) is 1. The van der Waals surface area contributed by atoms with E-state index in [9.17, 15) is 4.79 Å². The summed E-state index contributed by atoms with van der Waals surface area (Å²) in [6.45, 7) is 28.0. The SMILES string of the molecule is CC(C)(C)P(C1C(=O)C(P(C(C)(C)C)C(C)(C)C)c2ccccc21)C(C)(C)C. The zero-order chi connectivity index (χ0) is 21.9. The highest BCUT2D eigenvalue weighted by atomic mass is 31.1. The molecule has 3 heteroatoms. The summed E-state index contributed by atoms with van der Waals surface area (Å²) in [5.41, 5.74) is 2.78. The molecule has 1 aromatic carbocycles. The molecule has 2 unspecified atom stereocenters. The van der Waals surface area contributed by atoms with Crippen molar-refractivity contribution in [2.24, 2.45) is 0 Å². The first-order valence-electron chi connectivity index (χ1n) is 10.6. The van der Waals surface area contributed by atoms with E-state index in [0.717, 1.165) is 0 Å². The summed E-state index contributed by atoms with van der Waals surface area (Å²) >= 11 is 0. The van der Waals surface area contributed by atoms with Crippen LogP contribution in [-0.4, -0.2) is 26.4 Å². The predicted molar refractivity (Wildman–Crippen MR) is 130 cm³/mol. The van der Waals surface area contributed by atoms with Crippen LogP contribution in [0.4, 0.5) is 0 Å². The first-order chi connectivity index (χ1) is 12.4. The van der Waals surface area contributed by atoms with Crippen molar-refractivity contribution >= 4 is 21.6 Å². The monoisotopic (exact) mass is 420 g/mol. The minimum atomic E-state index is -0.532. The van der Waals surface area contributed by atoms with Crippen molar-refractivity contribution in [3.8, 4) is 0 Å². The average Bonchev–Trinajstić information content (AvgIpc) is 2.68. The highest BCUT2D eigenvalue weighted by molar-refractivity contribution is 7.64. The van der Waals surface area contributed by atoms with Gasteiger partial charge in [-0.25, -0.2) is 0 Å². The van der Waals surface area contributed by atoms with Gasteiger partial charge in [-0.05, 0) is 31.8 Å². The van der Waals surface area contributed by atoms with Gasteiger partial charge in [-0.3, -0.25) is 4.79 Å². The van der Waals surface area contributed by atoms with Crippen LogP contribution in [-0.2, 0) is 4.79 Å². The second-order valence-electron chi connectivity index (χ2n) is 12.3. The third-order valence-corrected chi connectivity index (χ3v) is 13.4. The van der Waals surface area contributed by atoms with E-state index in [4.69, 9.17) is 0 Å². The van der Waals surface area contributed by atoms with Crippen LogP contribution < -0.4 is 0 Å². The molecule has 1 aromatic rings. The Bertz CT molecular complexity index is 634. The maximum absolute atomic E-state index is 14.3. The zero-order valence-corrected chi connectivity index (χ0v) is 22.1. The first-order valence-corrected chi connectivity index (χ1v) is 13.4. The van der Waals surface area contributed by atoms with Crippen LogP contribution in [0.25, 0.3) is 0 Å². The fourth-order valence-corrected chi connectivity index (χ4v) is 14.6. The molecule has 0 amide bonds. The average molecular weight is 421 g/mol. The number of rotatable bonds is 2. The van der Waals surface area contributed by atoms with Gasteiger partial charge in [0, 0.05) is 0 Å². The lowest BCUT2D eigenvalue weighted by molar-refractivity contribution is -0.117. The molecule has 158 valence electrons. The molecular formula is C25H42OP2. The number of carbonyl (C=O) groups excluding carboxylic acids is 1. The molecule has 0 saturated carbocycles. The van der Waals surface area contributed by atoms with Crippen LogP contribution in [0.3, 0.4) is 0 Å². The highest BCUT2D eigenvalue weighted by Gasteiger charge is 2.55. The normalized spacial score (nSPS) is 21.6. The van der Waals surface area contributed by atoms with Gasteiger partial charge in [0.2, 0.25) is 0 Å². The maximum atomic E-state index is 14.3. The van der Waals surface area contributed by atoms with E-state index in [2.05, 4.69) is 107 Å². The number of ketones is 1. The molecule has 1 aliphatic carbocycles. The lowest BCUT2D eigenvalue weighted by Crippen LogP contribution is -2.33. The molecule has 0 bridgehead atoms. The third-order valence-electron chi connectivity index (χ3n) is 5.53. The lowest BCUT2D eigenvalue weighted by Gasteiger charge is -2.47. The van der Waals surface area contributed by atoms with E-state index in [1.54, 1.807) is 0 Å². The predicted octanol–water partition coefficient (Wildman–Crippen LogP) is 8.51. The lowest BCUT2D eigenvalue weighted by atomic mass is 10.1. The van der Waals surface area contributed by atoms with Crippen LogP contribution in [0.5, 0.6) is 0 Å². The number of benzene rings is 1. The van der Waals surface area contributed by atoms with Crippen molar-refractivity contribution in [2.45, 2.75) is 115 Å². The third kappa shape index (κ3) is 4.57. The minimum Gasteiger partial charge on any atom is -0.298 e. The van der Waals surface area contributed by atoms with Crippen molar-refractivity contribution in [1.29, 1.82) is 0 Å². The highest BCUT2D eigenvalue weighted by Crippen LogP contribution is 2.77. The van der Waals surface area contributed by atoms with Crippen LogP contribution in [0.2, 0.25) is 0 Å². The van der Waals surface area contributed by atoms with Crippen molar-refractivity contribution < 1.29 is 4.79 Å². The van der Waals surface area contributed by atoms with Gasteiger partial charge in [-0.1, -0.05) is 123 Å². The zero-order valence-electron chi connectivity index (χ0n) is 20.3. The van der Waals surface area contributed by atoms with Gasteiger partial charge in [-0.2, -0.15) is 0 Å². The number of carbonyl (C=O) groups is 1. The van der Waals surface area contributed by atoms with Crippen molar-refractivity contribution in [3.63, 3.8) is 0 Å². The van der Waals surface area contributed by atoms with E-state index in [1.807, 2.05) is 0 Å². The Labute approximate surface area is 177 Å². The van der Waals surface area contributed by atoms with E-state index >= 15 is 0 Å². The van der Waals surface area contributed by atoms with Crippen LogP contribution in [0.15, 0.2) is 24.3 Å². The van der Waals surface area contributed by atoms with E-state index < -0.39 is 15.8 Å². The standard InChI is InChI=1S/C25H42OP2/c1-22(2,3)27(23(4,5)6)20-17-15-13-14-16-18(17)21(19(20)26)28(24(7,8)9)25(10,11)12/h13-16,20-21H,1-12H3. The summed E-state index contributed by atoms with van der Waals surface area (Å²) in [6.07, 6.45) is 0. The summed E-state index contributed by atoms with van der Waals surface area (Å²) in [4.78, 5) is 14.3. The molecule has 1 nitrogen and oxygen atoms in total. The van der Waals surface area contributed by atoms with Crippen molar-refractivity contribution in [3.05, 3.63) is 35.4 Å². The fourth-order valence-electron chi connectivity index (χ4n) is 5.56. The molecule has 2 atom stereocenters. The fraction of sp³-hybridized carbons (Fsp3) is 0.720. The van der Waals surface area contributed by atoms with Gasteiger partial charge in [0.05, 0.1) is 11.3 Å². The molecule has 0 N–H and O–H groups in total. The Morgan fingerprint density at radius 1 is 0.571 bits per heavy atom. The molecule has 0 spiro atoms. The minimum absolute atomic E-state index is 0.0610. The topological polar surface area (TPSA) is 17.1 Å². The largest absolute Gasteiger partial charge is 0.298 e. The number of hydrogen-bond donors (Lipinski definition) is 0. The molecule has 2 rings (SSSR count). The van der Waals surface area contributed by atoms with Gasteiger partial charge in [0.1, 0.15) is 0 Å². The van der Waals surface area contributed by atoms with Gasteiger partial charge >= 0.3 is 0 Å². The molecule has 0 aliphatic heterocycles. The molecular weight excluding hydrogens is 378 g/mol. The molecule has 1 aliphatic rings. The smallest absolute Gasteiger partial charge is 0.156 e. The molecule has 0 fully saturated rings. The summed E-state index contributed by atoms with van der Waals surface area (Å²) in [6, 6.07) is 8.78. The number of fused-ring (bicyclic) bond motifs is 1. The van der Waals surface area contributed by atoms with E-state index in [1.165, 1.54) is 11.1 Å². The molecule has 0 saturated heterocycles. The Kier molecular flexibility index (Phi) is 6.40. The maximum Gasteiger partial charge on any atom is 0.156 e. The Hall–Kier alpha value is -0.250. The second kappa shape index (κ2) is 7.46. The summed E-state index contributed by atoms with van der Waals surface area (Å²) in [5.74, 6) is 0.508. The Morgan fingerprint density at radius 3 is 1.04 bits per heavy atom. The number of Topliss-reactive ketones (excluding diaryl/α,β-unsaturated/α-hetero) is 1. The summed E-state index contributed by atoms with van der Waals surface area (Å²) in [5, 5.41) is 0.508. The van der Waals surface area contributed by atoms with Crippen molar-refractivity contribution in [1.82, 2.24) is 0 Å². The van der Waals surface area contributed by atoms with Gasteiger partial charge in [-0.15, -0.1) is 0 Å². The van der Waals surface area contributed by atoms with E-state index in [-0.39, 0.29) is 31.9 Å². The van der Waals surface area contributed by atoms with Crippen LogP contribution in [0, 0.1) is 0 Å². The molecule has 28 heavy (non-hydrogen) atoms. The Morgan fingerprint density at radius 2 is 0.821 bits per heavy atom. The summed E-state index contributed by atoms with van der Waals surface area (Å²) < 4.78 is 0. The molecule has 0 aromatic heterocycles. The first kappa shape index (κ1) is 24.0. The second-order valence-corrected chi connectivity index (χ2v) is 20.1. The summed E-state index contributed by atoms with van der Waals surface area (Å²) in [7, 11) is -1.06. The van der Waals surface area contributed by atoms with E-state index in [0.29, 0.717) is 5.78 Å². The molecule has 0 heterocycles. The van der Waals surface area contributed by atoms with Crippen molar-refractivity contribution in [2.75, 3.05) is 0 Å². The van der Waals surface area contributed by atoms with Crippen LogP contribution >= 0.6 is 15.8 Å². The van der Waals surface area contributed by atoms with Crippen LogP contribution in [0.1, 0.15) is 106 Å². The van der Waals surface area contributed by atoms with Gasteiger partial charge < -0.3 is 0 Å². The van der Waals surface area contributed by atoms with Gasteiger partial charge in [0.15, 0.2) is 5.78 Å². The quantitative estimate of drug-likeness (QED) is 0.438. The molecule has 0 radical (unpaired) electrons. The Balaban J connectivity index is 2.74. The van der Waals surface area contributed by atoms with Gasteiger partial charge in [0.25, 0.3) is 0 Å².